The number of H-pyrrole nitrogens is 1. The van der Waals surface area contributed by atoms with E-state index in [1.165, 1.54) is 11.8 Å². The van der Waals surface area contributed by atoms with Gasteiger partial charge in [-0.1, -0.05) is 23.4 Å². The zero-order valence-corrected chi connectivity index (χ0v) is 12.1. The Balaban J connectivity index is 2.08. The van der Waals surface area contributed by atoms with Crippen LogP contribution < -0.4 is 17.0 Å². The van der Waals surface area contributed by atoms with Crippen LogP contribution in [0.25, 0.3) is 11.2 Å². The summed E-state index contributed by atoms with van der Waals surface area (Å²) in [5, 5.41) is 0.859. The summed E-state index contributed by atoms with van der Waals surface area (Å²) in [5.41, 5.74) is 11.4. The zero-order chi connectivity index (χ0) is 15.0. The highest BCUT2D eigenvalue weighted by Crippen LogP contribution is 2.26. The molecule has 0 saturated heterocycles. The van der Waals surface area contributed by atoms with E-state index < -0.39 is 0 Å². The number of hydrogen-bond donors (Lipinski definition) is 3. The maximum absolute atomic E-state index is 12.0. The van der Waals surface area contributed by atoms with Gasteiger partial charge in [-0.05, 0) is 24.3 Å². The molecule has 3 rings (SSSR count). The van der Waals surface area contributed by atoms with E-state index in [1.807, 2.05) is 0 Å². The molecule has 5 N–H and O–H groups in total. The van der Waals surface area contributed by atoms with Crippen LogP contribution in [0.1, 0.15) is 0 Å². The maximum Gasteiger partial charge on any atom is 0.282 e. The molecule has 106 valence electrons. The van der Waals surface area contributed by atoms with Gasteiger partial charge in [-0.25, -0.2) is 4.98 Å². The van der Waals surface area contributed by atoms with Crippen molar-refractivity contribution < 1.29 is 0 Å². The predicted octanol–water partition coefficient (Wildman–Crippen LogP) is 1.68. The second-order valence-electron chi connectivity index (χ2n) is 4.09. The fourth-order valence-corrected chi connectivity index (χ4v) is 2.59. The molecular weight excluding hydrogens is 312 g/mol. The van der Waals surface area contributed by atoms with Gasteiger partial charge in [0, 0.05) is 9.92 Å². The highest BCUT2D eigenvalue weighted by Gasteiger charge is 2.11. The van der Waals surface area contributed by atoms with Gasteiger partial charge in [0.1, 0.15) is 5.52 Å². The van der Waals surface area contributed by atoms with Crippen molar-refractivity contribution in [2.75, 3.05) is 11.5 Å². The lowest BCUT2D eigenvalue weighted by molar-refractivity contribution is 1.03. The molecule has 1 aromatic carbocycles. The standard InChI is InChI=1S/C12H9ClN6OS/c13-5-1-3-6(4-2-5)21-11-10(20)18-9-7(16-11)8(14)17-12(15)19-9/h1-4H,(H5,14,15,17,18,19,20). The van der Waals surface area contributed by atoms with Gasteiger partial charge in [0.05, 0.1) is 0 Å². The van der Waals surface area contributed by atoms with E-state index in [1.54, 1.807) is 24.3 Å². The minimum absolute atomic E-state index is 0.0180. The van der Waals surface area contributed by atoms with Crippen LogP contribution in [0.5, 0.6) is 0 Å². The molecule has 2 aromatic heterocycles. The summed E-state index contributed by atoms with van der Waals surface area (Å²) >= 11 is 7.02. The number of benzene rings is 1. The molecule has 0 fully saturated rings. The summed E-state index contributed by atoms with van der Waals surface area (Å²) in [4.78, 5) is 27.4. The van der Waals surface area contributed by atoms with Crippen LogP contribution in [0.15, 0.2) is 39.0 Å². The largest absolute Gasteiger partial charge is 0.382 e. The Labute approximate surface area is 127 Å². The Morgan fingerprint density at radius 2 is 1.81 bits per heavy atom. The number of nitrogen functional groups attached to an aromatic ring is 2. The van der Waals surface area contributed by atoms with E-state index in [2.05, 4.69) is 19.9 Å². The van der Waals surface area contributed by atoms with Crippen LogP contribution in [-0.2, 0) is 0 Å². The minimum atomic E-state index is -0.375. The summed E-state index contributed by atoms with van der Waals surface area (Å²) in [6.45, 7) is 0. The van der Waals surface area contributed by atoms with Gasteiger partial charge in [-0.15, -0.1) is 0 Å². The lowest BCUT2D eigenvalue weighted by atomic mass is 10.4. The fraction of sp³-hybridized carbons (Fsp3) is 0. The predicted molar refractivity (Wildman–Crippen MR) is 82.4 cm³/mol. The highest BCUT2D eigenvalue weighted by molar-refractivity contribution is 7.99. The smallest absolute Gasteiger partial charge is 0.282 e. The first-order valence-corrected chi connectivity index (χ1v) is 6.99. The number of fused-ring (bicyclic) bond motifs is 1. The monoisotopic (exact) mass is 320 g/mol. The van der Waals surface area contributed by atoms with E-state index in [9.17, 15) is 4.79 Å². The van der Waals surface area contributed by atoms with Gasteiger partial charge in [-0.2, -0.15) is 9.97 Å². The quantitative estimate of drug-likeness (QED) is 0.656. The molecule has 0 aliphatic rings. The third-order valence-electron chi connectivity index (χ3n) is 2.60. The van der Waals surface area contributed by atoms with Crippen molar-refractivity contribution in [1.82, 2.24) is 19.9 Å². The van der Waals surface area contributed by atoms with Crippen molar-refractivity contribution in [2.24, 2.45) is 0 Å². The van der Waals surface area contributed by atoms with Crippen molar-refractivity contribution in [3.05, 3.63) is 39.6 Å². The van der Waals surface area contributed by atoms with Crippen molar-refractivity contribution in [2.45, 2.75) is 9.92 Å². The van der Waals surface area contributed by atoms with E-state index in [4.69, 9.17) is 23.1 Å². The molecule has 0 unspecified atom stereocenters. The summed E-state index contributed by atoms with van der Waals surface area (Å²) in [6.07, 6.45) is 0. The Morgan fingerprint density at radius 3 is 2.52 bits per heavy atom. The third-order valence-corrected chi connectivity index (χ3v) is 3.83. The summed E-state index contributed by atoms with van der Waals surface area (Å²) in [5.74, 6) is 0.0993. The topological polar surface area (TPSA) is 124 Å². The molecule has 0 atom stereocenters. The molecule has 3 aromatic rings. The first-order valence-electron chi connectivity index (χ1n) is 5.79. The summed E-state index contributed by atoms with van der Waals surface area (Å²) in [6, 6.07) is 7.05. The van der Waals surface area contributed by atoms with Gasteiger partial charge in [-0.3, -0.25) is 4.79 Å². The molecule has 0 amide bonds. The van der Waals surface area contributed by atoms with E-state index in [-0.39, 0.29) is 28.0 Å². The second kappa shape index (κ2) is 5.23. The second-order valence-corrected chi connectivity index (χ2v) is 5.59. The number of nitrogens with two attached hydrogens (primary N) is 2. The third kappa shape index (κ3) is 2.76. The molecule has 0 radical (unpaired) electrons. The van der Waals surface area contributed by atoms with Gasteiger partial charge in [0.25, 0.3) is 5.56 Å². The number of hydrogen-bond acceptors (Lipinski definition) is 7. The number of halogens is 1. The number of aromatic amines is 1. The van der Waals surface area contributed by atoms with Crippen molar-refractivity contribution in [3.63, 3.8) is 0 Å². The number of nitrogens with zero attached hydrogens (tertiary/aromatic N) is 3. The molecule has 21 heavy (non-hydrogen) atoms. The SMILES string of the molecule is Nc1nc(N)c2nc(Sc3ccc(Cl)cc3)c(=O)[nH]c2n1. The molecule has 0 spiro atoms. The van der Waals surface area contributed by atoms with Crippen LogP contribution in [0, 0.1) is 0 Å². The molecule has 0 aliphatic heterocycles. The average Bonchev–Trinajstić information content (AvgIpc) is 2.42. The highest BCUT2D eigenvalue weighted by atomic mass is 35.5. The van der Waals surface area contributed by atoms with Crippen LogP contribution in [0.4, 0.5) is 11.8 Å². The summed E-state index contributed by atoms with van der Waals surface area (Å²) in [7, 11) is 0. The van der Waals surface area contributed by atoms with Crippen molar-refractivity contribution in [1.29, 1.82) is 0 Å². The summed E-state index contributed by atoms with van der Waals surface area (Å²) < 4.78 is 0. The van der Waals surface area contributed by atoms with Crippen LogP contribution in [0.2, 0.25) is 5.02 Å². The van der Waals surface area contributed by atoms with Crippen LogP contribution >= 0.6 is 23.4 Å². The molecule has 0 aliphatic carbocycles. The van der Waals surface area contributed by atoms with Gasteiger partial charge in [0.2, 0.25) is 5.95 Å². The lowest BCUT2D eigenvalue weighted by Gasteiger charge is -2.04. The van der Waals surface area contributed by atoms with Crippen molar-refractivity contribution in [3.8, 4) is 0 Å². The average molecular weight is 321 g/mol. The number of aromatic nitrogens is 4. The van der Waals surface area contributed by atoms with E-state index in [0.717, 1.165) is 4.90 Å². The first kappa shape index (κ1) is 13.7. The molecule has 7 nitrogen and oxygen atoms in total. The normalized spacial score (nSPS) is 10.9. The van der Waals surface area contributed by atoms with E-state index in [0.29, 0.717) is 10.5 Å². The Bertz CT molecular complexity index is 879. The van der Waals surface area contributed by atoms with Crippen LogP contribution in [0.3, 0.4) is 0 Å². The van der Waals surface area contributed by atoms with Crippen molar-refractivity contribution >= 4 is 46.3 Å². The molecule has 0 bridgehead atoms. The van der Waals surface area contributed by atoms with Gasteiger partial charge in [0.15, 0.2) is 16.5 Å². The Kier molecular flexibility index (Phi) is 3.40. The molecule has 0 saturated carbocycles. The fourth-order valence-electron chi connectivity index (χ4n) is 1.68. The van der Waals surface area contributed by atoms with E-state index >= 15 is 0 Å². The van der Waals surface area contributed by atoms with Gasteiger partial charge >= 0.3 is 0 Å². The first-order chi connectivity index (χ1) is 10.0. The number of rotatable bonds is 2. The Morgan fingerprint density at radius 1 is 1.10 bits per heavy atom. The molecule has 9 heteroatoms. The number of anilines is 2. The molecule has 2 heterocycles. The number of nitrogens with one attached hydrogen (secondary N) is 1. The maximum atomic E-state index is 12.0. The molecular formula is C12H9ClN6OS. The van der Waals surface area contributed by atoms with Crippen LogP contribution in [-0.4, -0.2) is 19.9 Å². The zero-order valence-electron chi connectivity index (χ0n) is 10.5. The van der Waals surface area contributed by atoms with Gasteiger partial charge < -0.3 is 16.5 Å². The minimum Gasteiger partial charge on any atom is -0.382 e. The lowest BCUT2D eigenvalue weighted by Crippen LogP contribution is -2.14. The Hall–Kier alpha value is -2.32.